The molecule has 0 saturated heterocycles. The van der Waals surface area contributed by atoms with Crippen molar-refractivity contribution >= 4 is 17.8 Å². The topological polar surface area (TPSA) is 84.9 Å². The fourth-order valence-corrected chi connectivity index (χ4v) is 3.22. The van der Waals surface area contributed by atoms with Crippen molar-refractivity contribution in [1.82, 2.24) is 10.2 Å². The lowest BCUT2D eigenvalue weighted by Gasteiger charge is -2.22. The summed E-state index contributed by atoms with van der Waals surface area (Å²) in [6, 6.07) is 6.73. The summed E-state index contributed by atoms with van der Waals surface area (Å²) >= 11 is 0. The lowest BCUT2D eigenvalue weighted by molar-refractivity contribution is -0.143. The summed E-state index contributed by atoms with van der Waals surface area (Å²) in [6.07, 6.45) is 2.91. The normalized spacial score (nSPS) is 11.5. The Labute approximate surface area is 180 Å². The minimum atomic E-state index is -0.515. The van der Waals surface area contributed by atoms with E-state index in [0.717, 1.165) is 31.5 Å². The summed E-state index contributed by atoms with van der Waals surface area (Å²) in [5.74, 6) is 0.156. The Morgan fingerprint density at radius 1 is 1.07 bits per heavy atom. The number of carbonyl (C=O) groups is 3. The molecule has 1 unspecified atom stereocenters. The molecule has 30 heavy (non-hydrogen) atoms. The lowest BCUT2D eigenvalue weighted by Crippen LogP contribution is -2.33. The molecule has 0 bridgehead atoms. The Morgan fingerprint density at radius 2 is 1.77 bits per heavy atom. The van der Waals surface area contributed by atoms with Crippen LogP contribution in [-0.4, -0.2) is 49.5 Å². The van der Waals surface area contributed by atoms with Crippen LogP contribution in [0.3, 0.4) is 0 Å². The summed E-state index contributed by atoms with van der Waals surface area (Å²) in [7, 11) is 1.56. The second-order valence-corrected chi connectivity index (χ2v) is 7.14. The Balaban J connectivity index is 2.68. The minimum absolute atomic E-state index is 0.0342. The number of carbonyl (C=O) groups excluding carboxylic acids is 3. The molecular weight excluding hydrogens is 384 g/mol. The van der Waals surface area contributed by atoms with Crippen LogP contribution in [-0.2, 0) is 19.1 Å². The van der Waals surface area contributed by atoms with Crippen LogP contribution in [0.5, 0.6) is 5.75 Å². The smallest absolute Gasteiger partial charge is 0.308 e. The highest BCUT2D eigenvalue weighted by molar-refractivity contribution is 5.80. The molecule has 0 saturated carbocycles. The third-order valence-electron chi connectivity index (χ3n) is 4.64. The van der Waals surface area contributed by atoms with Crippen LogP contribution >= 0.6 is 0 Å². The maximum atomic E-state index is 12.5. The maximum absolute atomic E-state index is 12.5. The molecule has 0 aliphatic rings. The largest absolute Gasteiger partial charge is 0.497 e. The number of ether oxygens (including phenoxy) is 2. The molecule has 0 aromatic heterocycles. The molecule has 1 aromatic carbocycles. The SMILES string of the molecule is CCCN(CCC)C(=O)CCCC(=O)NC(CC(=O)OCC)c1cccc(OC)c1. The number of methoxy groups -OCH3 is 1. The van der Waals surface area contributed by atoms with Crippen molar-refractivity contribution in [2.45, 2.75) is 65.3 Å². The molecule has 168 valence electrons. The van der Waals surface area contributed by atoms with Crippen LogP contribution < -0.4 is 10.1 Å². The molecule has 2 amide bonds. The van der Waals surface area contributed by atoms with Crippen LogP contribution in [0.2, 0.25) is 0 Å². The van der Waals surface area contributed by atoms with Crippen LogP contribution in [0.25, 0.3) is 0 Å². The van der Waals surface area contributed by atoms with Gasteiger partial charge in [-0.2, -0.15) is 0 Å². The van der Waals surface area contributed by atoms with E-state index in [2.05, 4.69) is 5.32 Å². The second-order valence-electron chi connectivity index (χ2n) is 7.14. The Hall–Kier alpha value is -2.57. The zero-order valence-corrected chi connectivity index (χ0v) is 18.7. The molecule has 0 fully saturated rings. The molecule has 0 aliphatic heterocycles. The van der Waals surface area contributed by atoms with Crippen molar-refractivity contribution < 1.29 is 23.9 Å². The zero-order valence-electron chi connectivity index (χ0n) is 18.7. The molecule has 0 heterocycles. The van der Waals surface area contributed by atoms with Gasteiger partial charge in [0, 0.05) is 25.9 Å². The summed E-state index contributed by atoms with van der Waals surface area (Å²) in [5, 5.41) is 2.91. The third kappa shape index (κ3) is 9.29. The van der Waals surface area contributed by atoms with Gasteiger partial charge in [-0.15, -0.1) is 0 Å². The van der Waals surface area contributed by atoms with E-state index in [-0.39, 0.29) is 37.2 Å². The van der Waals surface area contributed by atoms with Gasteiger partial charge in [-0.1, -0.05) is 26.0 Å². The molecule has 1 rings (SSSR count). The fourth-order valence-electron chi connectivity index (χ4n) is 3.22. The molecule has 7 nitrogen and oxygen atoms in total. The summed E-state index contributed by atoms with van der Waals surface area (Å²) < 4.78 is 10.3. The first-order valence-electron chi connectivity index (χ1n) is 10.8. The van der Waals surface area contributed by atoms with Crippen molar-refractivity contribution in [3.05, 3.63) is 29.8 Å². The van der Waals surface area contributed by atoms with Gasteiger partial charge < -0.3 is 19.7 Å². The highest BCUT2D eigenvalue weighted by Gasteiger charge is 2.20. The van der Waals surface area contributed by atoms with Gasteiger partial charge in [0.2, 0.25) is 11.8 Å². The Bertz CT molecular complexity index is 671. The van der Waals surface area contributed by atoms with Gasteiger partial charge in [0.1, 0.15) is 5.75 Å². The summed E-state index contributed by atoms with van der Waals surface area (Å²) in [6.45, 7) is 7.62. The number of hydrogen-bond acceptors (Lipinski definition) is 5. The molecule has 0 radical (unpaired) electrons. The van der Waals surface area contributed by atoms with E-state index in [4.69, 9.17) is 9.47 Å². The van der Waals surface area contributed by atoms with Gasteiger partial charge in [-0.3, -0.25) is 14.4 Å². The van der Waals surface area contributed by atoms with Crippen LogP contribution in [0.1, 0.15) is 70.9 Å². The number of benzene rings is 1. The number of nitrogens with one attached hydrogen (secondary N) is 1. The van der Waals surface area contributed by atoms with E-state index in [0.29, 0.717) is 18.6 Å². The summed E-state index contributed by atoms with van der Waals surface area (Å²) in [5.41, 5.74) is 0.767. The highest BCUT2D eigenvalue weighted by atomic mass is 16.5. The third-order valence-corrected chi connectivity index (χ3v) is 4.64. The van der Waals surface area contributed by atoms with E-state index in [1.807, 2.05) is 30.9 Å². The average Bonchev–Trinajstić information content (AvgIpc) is 2.73. The quantitative estimate of drug-likeness (QED) is 0.465. The number of nitrogens with zero attached hydrogens (tertiary/aromatic N) is 1. The molecule has 1 N–H and O–H groups in total. The summed E-state index contributed by atoms with van der Waals surface area (Å²) in [4.78, 5) is 38.7. The van der Waals surface area contributed by atoms with Gasteiger partial charge in [0.15, 0.2) is 0 Å². The zero-order chi connectivity index (χ0) is 22.4. The van der Waals surface area contributed by atoms with E-state index < -0.39 is 6.04 Å². The molecular formula is C23H36N2O5. The fraction of sp³-hybridized carbons (Fsp3) is 0.609. The predicted molar refractivity (Wildman–Crippen MR) is 116 cm³/mol. The first-order chi connectivity index (χ1) is 14.4. The van der Waals surface area contributed by atoms with Crippen molar-refractivity contribution in [2.75, 3.05) is 26.8 Å². The van der Waals surface area contributed by atoms with E-state index in [9.17, 15) is 14.4 Å². The lowest BCUT2D eigenvalue weighted by atomic mass is 10.0. The Morgan fingerprint density at radius 3 is 2.37 bits per heavy atom. The van der Waals surface area contributed by atoms with Gasteiger partial charge in [0.25, 0.3) is 0 Å². The van der Waals surface area contributed by atoms with E-state index >= 15 is 0 Å². The van der Waals surface area contributed by atoms with E-state index in [1.54, 1.807) is 26.2 Å². The van der Waals surface area contributed by atoms with Crippen molar-refractivity contribution in [3.63, 3.8) is 0 Å². The standard InChI is InChI=1S/C23H36N2O5/c1-5-14-25(15-6-2)22(27)13-9-12-21(26)24-20(17-23(28)30-7-3)18-10-8-11-19(16-18)29-4/h8,10-11,16,20H,5-7,9,12-15,17H2,1-4H3,(H,24,26). The van der Waals surface area contributed by atoms with Crippen molar-refractivity contribution in [1.29, 1.82) is 0 Å². The number of hydrogen-bond donors (Lipinski definition) is 1. The van der Waals surface area contributed by atoms with E-state index in [1.165, 1.54) is 0 Å². The second kappa shape index (κ2) is 14.4. The van der Waals surface area contributed by atoms with Gasteiger partial charge in [-0.25, -0.2) is 0 Å². The van der Waals surface area contributed by atoms with Crippen LogP contribution in [0, 0.1) is 0 Å². The first-order valence-corrected chi connectivity index (χ1v) is 10.8. The monoisotopic (exact) mass is 420 g/mol. The van der Waals surface area contributed by atoms with Crippen LogP contribution in [0.15, 0.2) is 24.3 Å². The van der Waals surface area contributed by atoms with Crippen molar-refractivity contribution in [2.24, 2.45) is 0 Å². The highest BCUT2D eigenvalue weighted by Crippen LogP contribution is 2.22. The molecule has 7 heteroatoms. The van der Waals surface area contributed by atoms with Gasteiger partial charge in [0.05, 0.1) is 26.2 Å². The number of amides is 2. The number of rotatable bonds is 14. The maximum Gasteiger partial charge on any atom is 0.308 e. The van der Waals surface area contributed by atoms with Gasteiger partial charge >= 0.3 is 5.97 Å². The minimum Gasteiger partial charge on any atom is -0.497 e. The molecule has 1 atom stereocenters. The number of esters is 1. The molecule has 0 spiro atoms. The van der Waals surface area contributed by atoms with Crippen LogP contribution in [0.4, 0.5) is 0 Å². The first kappa shape index (κ1) is 25.5. The molecule has 1 aromatic rings. The van der Waals surface area contributed by atoms with Crippen molar-refractivity contribution in [3.8, 4) is 5.75 Å². The molecule has 0 aliphatic carbocycles. The Kier molecular flexibility index (Phi) is 12.2. The average molecular weight is 421 g/mol. The predicted octanol–water partition coefficient (Wildman–Crippen LogP) is 3.62. The van der Waals surface area contributed by atoms with Gasteiger partial charge in [-0.05, 0) is 43.9 Å².